The molecule has 1 N–H and O–H groups in total. The molecule has 1 heterocycles. The van der Waals surface area contributed by atoms with Gasteiger partial charge in [0.2, 0.25) is 5.91 Å². The van der Waals surface area contributed by atoms with Crippen LogP contribution < -0.4 is 10.1 Å². The molecular formula is C24H30N4O2S. The van der Waals surface area contributed by atoms with E-state index in [1.165, 1.54) is 11.8 Å². The van der Waals surface area contributed by atoms with Gasteiger partial charge in [-0.2, -0.15) is 0 Å². The topological polar surface area (TPSA) is 69.0 Å². The molecule has 0 aliphatic carbocycles. The SMILES string of the molecule is CCOc1ccc(-n2c(Cc3ccccc3)nnc2SCC(=O)NCCC(C)C)cc1. The van der Waals surface area contributed by atoms with Gasteiger partial charge in [0.05, 0.1) is 12.4 Å². The average molecular weight is 439 g/mol. The minimum absolute atomic E-state index is 0.0107. The number of nitrogens with zero attached hydrogens (tertiary/aromatic N) is 3. The van der Waals surface area contributed by atoms with Crippen LogP contribution in [0.1, 0.15) is 38.6 Å². The second-order valence-corrected chi connectivity index (χ2v) is 8.59. The molecule has 3 aromatic rings. The first-order chi connectivity index (χ1) is 15.1. The second-order valence-electron chi connectivity index (χ2n) is 7.64. The summed E-state index contributed by atoms with van der Waals surface area (Å²) in [5.41, 5.74) is 2.10. The Balaban J connectivity index is 1.79. The summed E-state index contributed by atoms with van der Waals surface area (Å²) < 4.78 is 7.59. The Morgan fingerprint density at radius 1 is 1.10 bits per heavy atom. The molecule has 7 heteroatoms. The van der Waals surface area contributed by atoms with E-state index in [2.05, 4.69) is 41.5 Å². The van der Waals surface area contributed by atoms with Crippen LogP contribution in [0.15, 0.2) is 59.8 Å². The maximum absolute atomic E-state index is 12.3. The maximum Gasteiger partial charge on any atom is 0.230 e. The predicted molar refractivity (Wildman–Crippen MR) is 125 cm³/mol. The molecule has 6 nitrogen and oxygen atoms in total. The molecule has 2 aromatic carbocycles. The van der Waals surface area contributed by atoms with E-state index in [9.17, 15) is 4.79 Å². The summed E-state index contributed by atoms with van der Waals surface area (Å²) >= 11 is 1.40. The number of rotatable bonds is 11. The molecular weight excluding hydrogens is 408 g/mol. The van der Waals surface area contributed by atoms with Crippen molar-refractivity contribution in [3.8, 4) is 11.4 Å². The molecule has 0 aliphatic heterocycles. The summed E-state index contributed by atoms with van der Waals surface area (Å²) in [6.45, 7) is 7.58. The lowest BCUT2D eigenvalue weighted by molar-refractivity contribution is -0.118. The fourth-order valence-electron chi connectivity index (χ4n) is 3.09. The van der Waals surface area contributed by atoms with E-state index in [0.29, 0.717) is 36.4 Å². The third-order valence-corrected chi connectivity index (χ3v) is 5.62. The highest BCUT2D eigenvalue weighted by Gasteiger charge is 2.16. The van der Waals surface area contributed by atoms with E-state index >= 15 is 0 Å². The van der Waals surface area contributed by atoms with E-state index < -0.39 is 0 Å². The highest BCUT2D eigenvalue weighted by Crippen LogP contribution is 2.25. The first kappa shape index (κ1) is 22.9. The Kier molecular flexibility index (Phi) is 8.53. The van der Waals surface area contributed by atoms with E-state index in [1.807, 2.05) is 54.0 Å². The zero-order valence-corrected chi connectivity index (χ0v) is 19.2. The zero-order chi connectivity index (χ0) is 22.1. The van der Waals surface area contributed by atoms with Crippen molar-refractivity contribution < 1.29 is 9.53 Å². The van der Waals surface area contributed by atoms with Gasteiger partial charge in [-0.15, -0.1) is 10.2 Å². The quantitative estimate of drug-likeness (QED) is 0.446. The monoisotopic (exact) mass is 438 g/mol. The number of carbonyl (C=O) groups excluding carboxylic acids is 1. The van der Waals surface area contributed by atoms with Crippen LogP contribution >= 0.6 is 11.8 Å². The van der Waals surface area contributed by atoms with Gasteiger partial charge in [0.25, 0.3) is 0 Å². The van der Waals surface area contributed by atoms with Crippen molar-refractivity contribution in [2.75, 3.05) is 18.9 Å². The normalized spacial score (nSPS) is 11.0. The van der Waals surface area contributed by atoms with Crippen molar-refractivity contribution in [1.29, 1.82) is 0 Å². The van der Waals surface area contributed by atoms with Crippen LogP contribution in [-0.4, -0.2) is 39.6 Å². The third kappa shape index (κ3) is 6.85. The molecule has 164 valence electrons. The lowest BCUT2D eigenvalue weighted by Crippen LogP contribution is -2.27. The predicted octanol–water partition coefficient (Wildman–Crippen LogP) is 4.51. The van der Waals surface area contributed by atoms with Crippen LogP contribution in [0.2, 0.25) is 0 Å². The Labute approximate surface area is 188 Å². The molecule has 1 amide bonds. The smallest absolute Gasteiger partial charge is 0.230 e. The first-order valence-corrected chi connectivity index (χ1v) is 11.7. The second kappa shape index (κ2) is 11.6. The summed E-state index contributed by atoms with van der Waals surface area (Å²) in [5, 5.41) is 12.5. The standard InChI is InChI=1S/C24H30N4O2S/c1-4-30-21-12-10-20(11-13-21)28-22(16-19-8-6-5-7-9-19)26-27-24(28)31-17-23(29)25-15-14-18(2)3/h5-13,18H,4,14-17H2,1-3H3,(H,25,29). The van der Waals surface area contributed by atoms with Gasteiger partial charge in [0.15, 0.2) is 5.16 Å². The molecule has 1 aromatic heterocycles. The van der Waals surface area contributed by atoms with Crippen LogP contribution in [0.3, 0.4) is 0 Å². The average Bonchev–Trinajstić information content (AvgIpc) is 3.16. The van der Waals surface area contributed by atoms with Crippen molar-refractivity contribution in [2.24, 2.45) is 5.92 Å². The van der Waals surface area contributed by atoms with Crippen molar-refractivity contribution in [3.05, 3.63) is 66.0 Å². The number of nitrogens with one attached hydrogen (secondary N) is 1. The highest BCUT2D eigenvalue weighted by molar-refractivity contribution is 7.99. The van der Waals surface area contributed by atoms with Crippen molar-refractivity contribution in [1.82, 2.24) is 20.1 Å². The van der Waals surface area contributed by atoms with Gasteiger partial charge >= 0.3 is 0 Å². The van der Waals surface area contributed by atoms with Gasteiger partial charge in [-0.05, 0) is 49.1 Å². The van der Waals surface area contributed by atoms with Crippen molar-refractivity contribution in [3.63, 3.8) is 0 Å². The first-order valence-electron chi connectivity index (χ1n) is 10.7. The number of carbonyl (C=O) groups is 1. The summed E-state index contributed by atoms with van der Waals surface area (Å²) in [5.74, 6) is 2.53. The van der Waals surface area contributed by atoms with Gasteiger partial charge < -0.3 is 10.1 Å². The Morgan fingerprint density at radius 2 is 1.84 bits per heavy atom. The van der Waals surface area contributed by atoms with Crippen LogP contribution in [0.5, 0.6) is 5.75 Å². The molecule has 0 saturated carbocycles. The Bertz CT molecular complexity index is 955. The number of benzene rings is 2. The number of ether oxygens (including phenoxy) is 1. The molecule has 0 spiro atoms. The highest BCUT2D eigenvalue weighted by atomic mass is 32.2. The Morgan fingerprint density at radius 3 is 2.52 bits per heavy atom. The summed E-state index contributed by atoms with van der Waals surface area (Å²) in [6.07, 6.45) is 1.63. The molecule has 31 heavy (non-hydrogen) atoms. The van der Waals surface area contributed by atoms with Crippen LogP contribution in [0.25, 0.3) is 5.69 Å². The molecule has 0 fully saturated rings. The maximum atomic E-state index is 12.3. The van der Waals surface area contributed by atoms with Crippen LogP contribution in [0.4, 0.5) is 0 Å². The summed E-state index contributed by atoms with van der Waals surface area (Å²) in [7, 11) is 0. The number of hydrogen-bond acceptors (Lipinski definition) is 5. The molecule has 0 atom stereocenters. The molecule has 0 radical (unpaired) electrons. The van der Waals surface area contributed by atoms with Gasteiger partial charge in [-0.1, -0.05) is 55.9 Å². The molecule has 3 rings (SSSR count). The molecule has 0 aliphatic rings. The Hall–Kier alpha value is -2.80. The molecule has 0 bridgehead atoms. The van der Waals surface area contributed by atoms with Gasteiger partial charge in [0, 0.05) is 18.7 Å². The van der Waals surface area contributed by atoms with Crippen molar-refractivity contribution >= 4 is 17.7 Å². The largest absolute Gasteiger partial charge is 0.494 e. The number of hydrogen-bond donors (Lipinski definition) is 1. The van der Waals surface area contributed by atoms with Gasteiger partial charge in [0.1, 0.15) is 11.6 Å². The van der Waals surface area contributed by atoms with Crippen LogP contribution in [-0.2, 0) is 11.2 Å². The third-order valence-electron chi connectivity index (χ3n) is 4.69. The molecule has 0 unspecified atom stereocenters. The van der Waals surface area contributed by atoms with Gasteiger partial charge in [-0.3, -0.25) is 9.36 Å². The lowest BCUT2D eigenvalue weighted by Gasteiger charge is -2.12. The minimum atomic E-state index is 0.0107. The summed E-state index contributed by atoms with van der Waals surface area (Å²) in [6, 6.07) is 18.1. The van der Waals surface area contributed by atoms with Crippen molar-refractivity contribution in [2.45, 2.75) is 38.8 Å². The van der Waals surface area contributed by atoms with E-state index in [-0.39, 0.29) is 5.91 Å². The lowest BCUT2D eigenvalue weighted by atomic mass is 10.1. The number of thioether (sulfide) groups is 1. The number of amides is 1. The molecule has 0 saturated heterocycles. The van der Waals surface area contributed by atoms with Gasteiger partial charge in [-0.25, -0.2) is 0 Å². The fourth-order valence-corrected chi connectivity index (χ4v) is 3.89. The summed E-state index contributed by atoms with van der Waals surface area (Å²) in [4.78, 5) is 12.3. The van der Waals surface area contributed by atoms with E-state index in [0.717, 1.165) is 29.2 Å². The van der Waals surface area contributed by atoms with E-state index in [4.69, 9.17) is 4.74 Å². The van der Waals surface area contributed by atoms with E-state index in [1.54, 1.807) is 0 Å². The number of aromatic nitrogens is 3. The minimum Gasteiger partial charge on any atom is -0.494 e. The zero-order valence-electron chi connectivity index (χ0n) is 18.4. The van der Waals surface area contributed by atoms with Crippen LogP contribution in [0, 0.1) is 5.92 Å². The fraction of sp³-hybridized carbons (Fsp3) is 0.375.